The van der Waals surface area contributed by atoms with Crippen LogP contribution in [-0.4, -0.2) is 61.0 Å². The first kappa shape index (κ1) is 27.1. The van der Waals surface area contributed by atoms with Crippen LogP contribution >= 0.6 is 0 Å². The van der Waals surface area contributed by atoms with Crippen molar-refractivity contribution >= 4 is 18.0 Å². The first-order chi connectivity index (χ1) is 13.2. The molecule has 9 nitrogen and oxygen atoms in total. The molecule has 0 rings (SSSR count). The van der Waals surface area contributed by atoms with E-state index < -0.39 is 47.4 Å². The van der Waals surface area contributed by atoms with Crippen LogP contribution in [0.4, 0.5) is 4.79 Å². The lowest BCUT2D eigenvalue weighted by Crippen LogP contribution is -2.54. The van der Waals surface area contributed by atoms with Crippen molar-refractivity contribution in [3.63, 3.8) is 0 Å². The molecule has 3 atom stereocenters. The van der Waals surface area contributed by atoms with Gasteiger partial charge in [0, 0.05) is 6.54 Å². The van der Waals surface area contributed by atoms with E-state index in [1.54, 1.807) is 27.7 Å². The largest absolute Gasteiger partial charge is 0.467 e. The van der Waals surface area contributed by atoms with Crippen LogP contribution < -0.4 is 16.4 Å². The van der Waals surface area contributed by atoms with E-state index in [4.69, 9.17) is 19.9 Å². The maximum Gasteiger partial charge on any atom is 0.407 e. The topological polar surface area (TPSA) is 129 Å². The summed E-state index contributed by atoms with van der Waals surface area (Å²) in [5.74, 6) is -1.05. The summed E-state index contributed by atoms with van der Waals surface area (Å²) < 4.78 is 15.7. The number of carbonyl (C=O) groups excluding carboxylic acids is 3. The predicted octanol–water partition coefficient (Wildman–Crippen LogP) is 1.87. The van der Waals surface area contributed by atoms with Crippen molar-refractivity contribution in [3.05, 3.63) is 0 Å². The molecule has 170 valence electrons. The molecule has 0 saturated heterocycles. The molecular weight excluding hydrogens is 378 g/mol. The molecule has 0 saturated carbocycles. The minimum absolute atomic E-state index is 0.407. The summed E-state index contributed by atoms with van der Waals surface area (Å²) in [6.07, 6.45) is 0.611. The molecule has 0 aromatic carbocycles. The van der Waals surface area contributed by atoms with Crippen LogP contribution in [0.25, 0.3) is 0 Å². The summed E-state index contributed by atoms with van der Waals surface area (Å²) in [5, 5.41) is 5.27. The van der Waals surface area contributed by atoms with E-state index >= 15 is 0 Å². The van der Waals surface area contributed by atoms with Crippen molar-refractivity contribution in [1.82, 2.24) is 10.6 Å². The Bertz CT molecular complexity index is 539. The number of nitrogens with one attached hydrogen (secondary N) is 2. The van der Waals surface area contributed by atoms with Crippen LogP contribution in [0.2, 0.25) is 0 Å². The average molecular weight is 418 g/mol. The molecule has 0 fully saturated rings. The second-order valence-corrected chi connectivity index (χ2v) is 8.98. The van der Waals surface area contributed by atoms with E-state index in [0.29, 0.717) is 25.8 Å². The summed E-state index contributed by atoms with van der Waals surface area (Å²) >= 11 is 0. The highest BCUT2D eigenvalue weighted by molar-refractivity contribution is 5.87. The smallest absolute Gasteiger partial charge is 0.407 e. The molecule has 0 unspecified atom stereocenters. The Labute approximate surface area is 174 Å². The highest BCUT2D eigenvalue weighted by atomic mass is 16.6. The first-order valence-electron chi connectivity index (χ1n) is 9.94. The zero-order valence-electron chi connectivity index (χ0n) is 19.1. The molecule has 0 aliphatic heterocycles. The van der Waals surface area contributed by atoms with Gasteiger partial charge in [-0.05, 0) is 67.7 Å². The summed E-state index contributed by atoms with van der Waals surface area (Å²) in [7, 11) is 1.25. The maximum absolute atomic E-state index is 12.4. The lowest BCUT2D eigenvalue weighted by Gasteiger charge is -2.30. The summed E-state index contributed by atoms with van der Waals surface area (Å²) in [6, 6.07) is -1.74. The Morgan fingerprint density at radius 1 is 1.00 bits per heavy atom. The number of unbranched alkanes of at least 4 members (excludes halogenated alkanes) is 1. The maximum atomic E-state index is 12.4. The number of nitrogens with two attached hydrogens (primary N) is 1. The Hall–Kier alpha value is -1.87. The number of hydrogen-bond donors (Lipinski definition) is 3. The molecular formula is C20H39N3O6. The van der Waals surface area contributed by atoms with Crippen LogP contribution in [0.1, 0.15) is 67.7 Å². The van der Waals surface area contributed by atoms with E-state index in [1.807, 2.05) is 20.8 Å². The first-order valence-corrected chi connectivity index (χ1v) is 9.94. The number of hydrogen-bond acceptors (Lipinski definition) is 7. The van der Waals surface area contributed by atoms with Gasteiger partial charge < -0.3 is 30.6 Å². The van der Waals surface area contributed by atoms with Gasteiger partial charge in [-0.3, -0.25) is 4.79 Å². The third kappa shape index (κ3) is 13.1. The number of alkyl carbamates (subject to hydrolysis) is 1. The number of amides is 2. The standard InChI is InChI=1S/C20H39N3O6/c1-13(28-19(2,3)4)15(17(25)27-8)23-16(24)14(21)11-9-10-12-22-18(26)29-20(5,6)7/h13-15H,9-12,21H2,1-8H3,(H,22,26)(H,23,24)/t13-,14+,15+/m1/s1. The fourth-order valence-electron chi connectivity index (χ4n) is 2.51. The molecule has 29 heavy (non-hydrogen) atoms. The van der Waals surface area contributed by atoms with Gasteiger partial charge in [0.05, 0.1) is 24.9 Å². The van der Waals surface area contributed by atoms with Crippen LogP contribution in [0, 0.1) is 0 Å². The minimum Gasteiger partial charge on any atom is -0.467 e. The average Bonchev–Trinajstić information content (AvgIpc) is 2.54. The fraction of sp³-hybridized carbons (Fsp3) is 0.850. The third-order valence-corrected chi connectivity index (χ3v) is 3.71. The van der Waals surface area contributed by atoms with Crippen molar-refractivity contribution in [2.75, 3.05) is 13.7 Å². The van der Waals surface area contributed by atoms with Gasteiger partial charge in [-0.2, -0.15) is 0 Å². The molecule has 0 bridgehead atoms. The Balaban J connectivity index is 4.44. The molecule has 2 amide bonds. The van der Waals surface area contributed by atoms with Crippen molar-refractivity contribution in [1.29, 1.82) is 0 Å². The van der Waals surface area contributed by atoms with E-state index in [-0.39, 0.29) is 0 Å². The number of methoxy groups -OCH3 is 1. The Morgan fingerprint density at radius 2 is 1.59 bits per heavy atom. The van der Waals surface area contributed by atoms with Gasteiger partial charge >= 0.3 is 12.1 Å². The van der Waals surface area contributed by atoms with E-state index in [1.165, 1.54) is 7.11 Å². The van der Waals surface area contributed by atoms with Gasteiger partial charge in [0.1, 0.15) is 5.60 Å². The quantitative estimate of drug-likeness (QED) is 0.365. The van der Waals surface area contributed by atoms with Crippen LogP contribution in [0.15, 0.2) is 0 Å². The zero-order valence-corrected chi connectivity index (χ0v) is 19.1. The van der Waals surface area contributed by atoms with Gasteiger partial charge in [0.2, 0.25) is 5.91 Å². The molecule has 0 radical (unpaired) electrons. The molecule has 0 spiro atoms. The van der Waals surface area contributed by atoms with Crippen LogP contribution in [-0.2, 0) is 23.8 Å². The molecule has 9 heteroatoms. The molecule has 0 aliphatic carbocycles. The second kappa shape index (κ2) is 12.0. The lowest BCUT2D eigenvalue weighted by atomic mass is 10.1. The molecule has 0 aliphatic rings. The SMILES string of the molecule is COC(=O)[C@@H](NC(=O)[C@@H](N)CCCCNC(=O)OC(C)(C)C)[C@@H](C)OC(C)(C)C. The van der Waals surface area contributed by atoms with Crippen LogP contribution in [0.5, 0.6) is 0 Å². The van der Waals surface area contributed by atoms with Gasteiger partial charge in [0.25, 0.3) is 0 Å². The monoisotopic (exact) mass is 417 g/mol. The predicted molar refractivity (Wildman–Crippen MR) is 110 cm³/mol. The van der Waals surface area contributed by atoms with Crippen molar-refractivity contribution in [3.8, 4) is 0 Å². The summed E-state index contributed by atoms with van der Waals surface area (Å²) in [6.45, 7) is 13.1. The lowest BCUT2D eigenvalue weighted by molar-refractivity contribution is -0.153. The van der Waals surface area contributed by atoms with E-state index in [0.717, 1.165) is 0 Å². The summed E-state index contributed by atoms with van der Waals surface area (Å²) in [4.78, 5) is 36.0. The molecule has 4 N–H and O–H groups in total. The Morgan fingerprint density at radius 3 is 2.07 bits per heavy atom. The van der Waals surface area contributed by atoms with E-state index in [9.17, 15) is 14.4 Å². The highest BCUT2D eigenvalue weighted by Crippen LogP contribution is 2.14. The highest BCUT2D eigenvalue weighted by Gasteiger charge is 2.32. The molecule has 0 aromatic rings. The normalized spacial score (nSPS) is 15.1. The summed E-state index contributed by atoms with van der Waals surface area (Å²) in [5.41, 5.74) is 4.91. The number of rotatable bonds is 10. The van der Waals surface area contributed by atoms with Gasteiger partial charge in [-0.25, -0.2) is 9.59 Å². The number of esters is 1. The number of carbonyl (C=O) groups is 3. The zero-order chi connectivity index (χ0) is 22.8. The molecule has 0 heterocycles. The van der Waals surface area contributed by atoms with Gasteiger partial charge in [-0.15, -0.1) is 0 Å². The van der Waals surface area contributed by atoms with Gasteiger partial charge in [-0.1, -0.05) is 0 Å². The number of ether oxygens (including phenoxy) is 3. The van der Waals surface area contributed by atoms with Gasteiger partial charge in [0.15, 0.2) is 6.04 Å². The van der Waals surface area contributed by atoms with Crippen LogP contribution in [0.3, 0.4) is 0 Å². The van der Waals surface area contributed by atoms with Crippen molar-refractivity contribution in [2.45, 2.75) is 97.1 Å². The minimum atomic E-state index is -0.952. The van der Waals surface area contributed by atoms with Crippen molar-refractivity contribution in [2.24, 2.45) is 5.73 Å². The van der Waals surface area contributed by atoms with E-state index in [2.05, 4.69) is 10.6 Å². The molecule has 0 aromatic heterocycles. The van der Waals surface area contributed by atoms with Crippen molar-refractivity contribution < 1.29 is 28.6 Å². The second-order valence-electron chi connectivity index (χ2n) is 8.98. The third-order valence-electron chi connectivity index (χ3n) is 3.71. The Kier molecular flexibility index (Phi) is 11.2. The fourth-order valence-corrected chi connectivity index (χ4v) is 2.51.